The average molecular weight is 410 g/mol. The van der Waals surface area contributed by atoms with Gasteiger partial charge < -0.3 is 20.7 Å². The summed E-state index contributed by atoms with van der Waals surface area (Å²) in [6.07, 6.45) is 2.80. The number of fused-ring (bicyclic) bond motifs is 2. The van der Waals surface area contributed by atoms with E-state index in [4.69, 9.17) is 4.74 Å². The van der Waals surface area contributed by atoms with Crippen LogP contribution in [0.4, 0.5) is 4.79 Å². The van der Waals surface area contributed by atoms with Crippen LogP contribution in [0.5, 0.6) is 0 Å². The molecular formula is C21H35N3O5. The molecule has 1 aliphatic carbocycles. The third-order valence-corrected chi connectivity index (χ3v) is 5.55. The molecule has 1 aliphatic heterocycles. The van der Waals surface area contributed by atoms with E-state index in [-0.39, 0.29) is 23.9 Å². The van der Waals surface area contributed by atoms with Crippen molar-refractivity contribution in [2.75, 3.05) is 13.2 Å². The number of Topliss-reactive ketones (excluding diaryl/α,β-unsaturated/α-hetero) is 1. The molecule has 1 heterocycles. The Morgan fingerprint density at radius 2 is 1.86 bits per heavy atom. The topological polar surface area (TPSA) is 114 Å². The Balaban J connectivity index is 2.07. The lowest BCUT2D eigenvalue weighted by Crippen LogP contribution is -2.57. The van der Waals surface area contributed by atoms with Gasteiger partial charge in [0.1, 0.15) is 12.1 Å². The standard InChI is InChI=1S/C21H35N3O5/c1-12(2)15(24-20(28)29-11-21(3,4)5)18(26)23-16-14-7-6-13(10-14)8-9-22-19(27)17(16)25/h12-16H,6-11H2,1-5H3,(H,22,27)(H,23,26)(H,24,28). The summed E-state index contributed by atoms with van der Waals surface area (Å²) in [6, 6.07) is -1.72. The summed E-state index contributed by atoms with van der Waals surface area (Å²) in [5, 5.41) is 8.01. The van der Waals surface area contributed by atoms with Crippen LogP contribution in [0.25, 0.3) is 0 Å². The van der Waals surface area contributed by atoms with Gasteiger partial charge >= 0.3 is 6.09 Å². The van der Waals surface area contributed by atoms with Crippen LogP contribution in [-0.2, 0) is 19.1 Å². The third-order valence-electron chi connectivity index (χ3n) is 5.55. The number of nitrogens with one attached hydrogen (secondary N) is 3. The van der Waals surface area contributed by atoms with Gasteiger partial charge in [-0.05, 0) is 42.4 Å². The Kier molecular flexibility index (Phi) is 7.66. The van der Waals surface area contributed by atoms with Crippen molar-refractivity contribution in [3.05, 3.63) is 0 Å². The van der Waals surface area contributed by atoms with Crippen molar-refractivity contribution < 1.29 is 23.9 Å². The zero-order valence-electron chi connectivity index (χ0n) is 18.2. The first-order valence-electron chi connectivity index (χ1n) is 10.5. The number of ether oxygens (including phenoxy) is 1. The molecule has 0 aromatic carbocycles. The SMILES string of the molecule is CC(C)C(NC(=O)OCC(C)(C)C)C(=O)NC1C(=O)C(=O)NCCC2CCC1C2. The monoisotopic (exact) mass is 409 g/mol. The summed E-state index contributed by atoms with van der Waals surface area (Å²) in [6.45, 7) is 10.1. The normalized spacial score (nSPS) is 26.1. The van der Waals surface area contributed by atoms with Crippen LogP contribution in [0.2, 0.25) is 0 Å². The van der Waals surface area contributed by atoms with Gasteiger partial charge in [0.05, 0.1) is 6.61 Å². The summed E-state index contributed by atoms with van der Waals surface area (Å²) >= 11 is 0. The van der Waals surface area contributed by atoms with Crippen molar-refractivity contribution in [2.24, 2.45) is 23.2 Å². The van der Waals surface area contributed by atoms with Crippen molar-refractivity contribution in [3.63, 3.8) is 0 Å². The van der Waals surface area contributed by atoms with Crippen molar-refractivity contribution >= 4 is 23.7 Å². The predicted octanol–water partition coefficient (Wildman–Crippen LogP) is 1.77. The van der Waals surface area contributed by atoms with Crippen LogP contribution in [0.3, 0.4) is 0 Å². The molecule has 2 fully saturated rings. The van der Waals surface area contributed by atoms with Crippen molar-refractivity contribution in [3.8, 4) is 0 Å². The maximum absolute atomic E-state index is 12.9. The largest absolute Gasteiger partial charge is 0.449 e. The molecule has 2 aliphatic rings. The highest BCUT2D eigenvalue weighted by Gasteiger charge is 2.40. The maximum Gasteiger partial charge on any atom is 0.407 e. The number of carbonyl (C=O) groups is 4. The molecule has 164 valence electrons. The fourth-order valence-corrected chi connectivity index (χ4v) is 3.92. The molecular weight excluding hydrogens is 374 g/mol. The highest BCUT2D eigenvalue weighted by Crippen LogP contribution is 2.36. The summed E-state index contributed by atoms with van der Waals surface area (Å²) in [7, 11) is 0. The molecule has 3 amide bonds. The van der Waals surface area contributed by atoms with E-state index >= 15 is 0 Å². The van der Waals surface area contributed by atoms with E-state index in [1.165, 1.54) is 0 Å². The molecule has 0 spiro atoms. The molecule has 8 nitrogen and oxygen atoms in total. The fourth-order valence-electron chi connectivity index (χ4n) is 3.92. The van der Waals surface area contributed by atoms with Crippen LogP contribution < -0.4 is 16.0 Å². The highest BCUT2D eigenvalue weighted by atomic mass is 16.5. The molecule has 2 bridgehead atoms. The van der Waals surface area contributed by atoms with E-state index in [1.54, 1.807) is 13.8 Å². The Morgan fingerprint density at radius 3 is 2.48 bits per heavy atom. The van der Waals surface area contributed by atoms with Crippen molar-refractivity contribution in [2.45, 2.75) is 72.4 Å². The third kappa shape index (κ3) is 6.72. The quantitative estimate of drug-likeness (QED) is 0.599. The molecule has 0 aromatic rings. The molecule has 0 aromatic heterocycles. The van der Waals surface area contributed by atoms with Crippen molar-refractivity contribution in [1.29, 1.82) is 0 Å². The lowest BCUT2D eigenvalue weighted by atomic mass is 9.92. The molecule has 3 N–H and O–H groups in total. The second-order valence-electron chi connectivity index (χ2n) is 9.84. The minimum absolute atomic E-state index is 0.0547. The van der Waals surface area contributed by atoms with Crippen LogP contribution in [0.1, 0.15) is 60.3 Å². The van der Waals surface area contributed by atoms with Gasteiger partial charge in [0.15, 0.2) is 0 Å². The number of ketones is 1. The fraction of sp³-hybridized carbons (Fsp3) is 0.810. The van der Waals surface area contributed by atoms with Gasteiger partial charge in [0.2, 0.25) is 11.7 Å². The minimum atomic E-state index is -0.862. The minimum Gasteiger partial charge on any atom is -0.449 e. The molecule has 8 heteroatoms. The number of hydrogen-bond acceptors (Lipinski definition) is 5. The van der Waals surface area contributed by atoms with Gasteiger partial charge in [-0.3, -0.25) is 14.4 Å². The zero-order valence-corrected chi connectivity index (χ0v) is 18.2. The number of alkyl carbamates (subject to hydrolysis) is 1. The Labute approximate surface area is 172 Å². The lowest BCUT2D eigenvalue weighted by Gasteiger charge is -2.27. The molecule has 4 unspecified atom stereocenters. The van der Waals surface area contributed by atoms with Crippen LogP contribution in [0, 0.1) is 23.2 Å². The lowest BCUT2D eigenvalue weighted by molar-refractivity contribution is -0.141. The summed E-state index contributed by atoms with van der Waals surface area (Å²) in [4.78, 5) is 49.9. The Morgan fingerprint density at radius 1 is 1.17 bits per heavy atom. The maximum atomic E-state index is 12.9. The number of carbonyl (C=O) groups excluding carboxylic acids is 4. The molecule has 1 saturated carbocycles. The summed E-state index contributed by atoms with van der Waals surface area (Å²) in [5.41, 5.74) is -0.191. The van der Waals surface area contributed by atoms with E-state index in [9.17, 15) is 19.2 Å². The molecule has 29 heavy (non-hydrogen) atoms. The van der Waals surface area contributed by atoms with E-state index in [1.807, 2.05) is 20.8 Å². The van der Waals surface area contributed by atoms with Crippen LogP contribution in [0.15, 0.2) is 0 Å². The molecule has 2 rings (SSSR count). The van der Waals surface area contributed by atoms with Gasteiger partial charge in [0, 0.05) is 6.54 Å². The second kappa shape index (κ2) is 9.59. The highest BCUT2D eigenvalue weighted by molar-refractivity contribution is 6.38. The number of amides is 3. The van der Waals surface area contributed by atoms with Gasteiger partial charge in [-0.25, -0.2) is 4.79 Å². The second-order valence-corrected chi connectivity index (χ2v) is 9.84. The molecule has 1 saturated heterocycles. The van der Waals surface area contributed by atoms with Crippen LogP contribution in [-0.4, -0.2) is 48.9 Å². The van der Waals surface area contributed by atoms with E-state index in [0.29, 0.717) is 12.5 Å². The number of hydrogen-bond donors (Lipinski definition) is 3. The van der Waals surface area contributed by atoms with Crippen LogP contribution >= 0.6 is 0 Å². The first-order chi connectivity index (χ1) is 13.5. The smallest absolute Gasteiger partial charge is 0.407 e. The first-order valence-corrected chi connectivity index (χ1v) is 10.5. The Bertz CT molecular complexity index is 641. The molecule has 0 radical (unpaired) electrons. The molecule has 4 atom stereocenters. The first kappa shape index (κ1) is 23.2. The zero-order chi connectivity index (χ0) is 21.8. The Hall–Kier alpha value is -2.12. The van der Waals surface area contributed by atoms with Gasteiger partial charge in [-0.15, -0.1) is 0 Å². The van der Waals surface area contributed by atoms with Crippen molar-refractivity contribution in [1.82, 2.24) is 16.0 Å². The summed E-state index contributed by atoms with van der Waals surface area (Å²) in [5.74, 6) is -1.54. The van der Waals surface area contributed by atoms with E-state index < -0.39 is 35.8 Å². The summed E-state index contributed by atoms with van der Waals surface area (Å²) < 4.78 is 5.21. The number of rotatable bonds is 5. The van der Waals surface area contributed by atoms with Gasteiger partial charge in [0.25, 0.3) is 5.91 Å². The van der Waals surface area contributed by atoms with Gasteiger partial charge in [-0.2, -0.15) is 0 Å². The van der Waals surface area contributed by atoms with E-state index in [2.05, 4.69) is 16.0 Å². The van der Waals surface area contributed by atoms with Gasteiger partial charge in [-0.1, -0.05) is 41.0 Å². The van der Waals surface area contributed by atoms with E-state index in [0.717, 1.165) is 25.7 Å². The predicted molar refractivity (Wildman–Crippen MR) is 108 cm³/mol. The average Bonchev–Trinajstić information content (AvgIpc) is 3.09.